The minimum absolute atomic E-state index is 0.181. The third kappa shape index (κ3) is 5.45. The Kier molecular flexibility index (Phi) is 7.83. The van der Waals surface area contributed by atoms with Crippen LogP contribution >= 0.6 is 35.0 Å². The number of pyridine rings is 1. The van der Waals surface area contributed by atoms with Crippen LogP contribution in [0.25, 0.3) is 0 Å². The third-order valence-corrected chi connectivity index (χ3v) is 7.20. The van der Waals surface area contributed by atoms with Crippen molar-refractivity contribution in [3.8, 4) is 6.07 Å². The normalized spacial score (nSPS) is 14.8. The molecule has 1 aromatic heterocycles. The summed E-state index contributed by atoms with van der Waals surface area (Å²) in [6, 6.07) is 9.36. The second-order valence-corrected chi connectivity index (χ2v) is 9.05. The first-order chi connectivity index (χ1) is 14.0. The van der Waals surface area contributed by atoms with Crippen molar-refractivity contribution in [2.75, 3.05) is 5.32 Å². The highest BCUT2D eigenvalue weighted by atomic mass is 35.5. The van der Waals surface area contributed by atoms with Crippen LogP contribution in [0.15, 0.2) is 29.3 Å². The van der Waals surface area contributed by atoms with Crippen LogP contribution in [0.3, 0.4) is 0 Å². The van der Waals surface area contributed by atoms with Gasteiger partial charge in [-0.1, -0.05) is 60.8 Å². The number of nitriles is 1. The summed E-state index contributed by atoms with van der Waals surface area (Å²) < 4.78 is 0. The lowest BCUT2D eigenvalue weighted by molar-refractivity contribution is -0.115. The lowest BCUT2D eigenvalue weighted by Gasteiger charge is -2.18. The smallest absolute Gasteiger partial charge is 0.237 e. The fraction of sp³-hybridized carbons (Fsp3) is 0.409. The van der Waals surface area contributed by atoms with E-state index in [0.29, 0.717) is 32.7 Å². The zero-order valence-electron chi connectivity index (χ0n) is 16.3. The molecule has 1 aliphatic rings. The summed E-state index contributed by atoms with van der Waals surface area (Å²) >= 11 is 13.6. The van der Waals surface area contributed by atoms with Crippen molar-refractivity contribution in [1.82, 2.24) is 4.98 Å². The van der Waals surface area contributed by atoms with Crippen LogP contribution in [0.4, 0.5) is 5.69 Å². The number of halogens is 2. The van der Waals surface area contributed by atoms with Crippen LogP contribution in [0.1, 0.15) is 55.8 Å². The summed E-state index contributed by atoms with van der Waals surface area (Å²) in [5.41, 5.74) is 3.27. The molecule has 1 heterocycles. The first-order valence-corrected chi connectivity index (χ1v) is 11.5. The van der Waals surface area contributed by atoms with E-state index in [1.54, 1.807) is 18.2 Å². The number of thioether (sulfide) groups is 1. The van der Waals surface area contributed by atoms with E-state index >= 15 is 0 Å². The molecule has 0 fully saturated rings. The summed E-state index contributed by atoms with van der Waals surface area (Å²) in [7, 11) is 0. The van der Waals surface area contributed by atoms with Crippen molar-refractivity contribution < 1.29 is 4.79 Å². The fourth-order valence-electron chi connectivity index (χ4n) is 3.41. The highest BCUT2D eigenvalue weighted by Crippen LogP contribution is 2.33. The Morgan fingerprint density at radius 2 is 2.03 bits per heavy atom. The number of hydrogen-bond donors (Lipinski definition) is 1. The highest BCUT2D eigenvalue weighted by Gasteiger charge is 2.23. The Morgan fingerprint density at radius 3 is 2.76 bits per heavy atom. The number of amides is 1. The average molecular weight is 448 g/mol. The van der Waals surface area contributed by atoms with Crippen molar-refractivity contribution in [2.45, 2.75) is 62.1 Å². The van der Waals surface area contributed by atoms with E-state index < -0.39 is 5.25 Å². The molecule has 4 nitrogen and oxygen atoms in total. The molecule has 152 valence electrons. The number of aryl methyl sites for hydroxylation is 2. The van der Waals surface area contributed by atoms with Gasteiger partial charge in [-0.2, -0.15) is 5.26 Å². The van der Waals surface area contributed by atoms with E-state index in [9.17, 15) is 10.1 Å². The summed E-state index contributed by atoms with van der Waals surface area (Å²) in [4.78, 5) is 17.7. The van der Waals surface area contributed by atoms with E-state index in [-0.39, 0.29) is 5.91 Å². The van der Waals surface area contributed by atoms with Gasteiger partial charge in [-0.05, 0) is 55.9 Å². The van der Waals surface area contributed by atoms with Gasteiger partial charge in [0.05, 0.1) is 26.5 Å². The van der Waals surface area contributed by atoms with Crippen LogP contribution in [-0.4, -0.2) is 16.1 Å². The Bertz CT molecular complexity index is 942. The minimum atomic E-state index is -0.392. The molecule has 29 heavy (non-hydrogen) atoms. The Labute approximate surface area is 186 Å². The van der Waals surface area contributed by atoms with Crippen LogP contribution in [0.2, 0.25) is 10.0 Å². The summed E-state index contributed by atoms with van der Waals surface area (Å²) in [6.07, 6.45) is 7.17. The molecule has 2 aromatic rings. The van der Waals surface area contributed by atoms with Crippen LogP contribution < -0.4 is 5.32 Å². The number of nitrogens with one attached hydrogen (secondary N) is 1. The van der Waals surface area contributed by atoms with Gasteiger partial charge < -0.3 is 5.32 Å². The van der Waals surface area contributed by atoms with Gasteiger partial charge in [0.25, 0.3) is 0 Å². The van der Waals surface area contributed by atoms with Crippen LogP contribution in [0, 0.1) is 11.3 Å². The molecular formula is C22H23Cl2N3OS. The number of fused-ring (bicyclic) bond motifs is 1. The topological polar surface area (TPSA) is 65.8 Å². The number of carbonyl (C=O) groups is 1. The van der Waals surface area contributed by atoms with Gasteiger partial charge in [-0.25, -0.2) is 4.98 Å². The van der Waals surface area contributed by atoms with Gasteiger partial charge in [0.15, 0.2) is 0 Å². The maximum absolute atomic E-state index is 12.9. The first kappa shape index (κ1) is 22.0. The predicted octanol–water partition coefficient (Wildman–Crippen LogP) is 6.43. The van der Waals surface area contributed by atoms with Crippen molar-refractivity contribution in [3.63, 3.8) is 0 Å². The molecule has 7 heteroatoms. The van der Waals surface area contributed by atoms with Gasteiger partial charge in [0.1, 0.15) is 11.1 Å². The monoisotopic (exact) mass is 447 g/mol. The maximum Gasteiger partial charge on any atom is 0.237 e. The Balaban J connectivity index is 1.82. The third-order valence-electron chi connectivity index (χ3n) is 5.01. The van der Waals surface area contributed by atoms with Gasteiger partial charge in [-0.3, -0.25) is 4.79 Å². The number of anilines is 1. The van der Waals surface area contributed by atoms with Crippen molar-refractivity contribution in [1.29, 1.82) is 5.26 Å². The average Bonchev–Trinajstić information content (AvgIpc) is 2.70. The largest absolute Gasteiger partial charge is 0.324 e. The minimum Gasteiger partial charge on any atom is -0.324 e. The zero-order valence-corrected chi connectivity index (χ0v) is 18.6. The van der Waals surface area contributed by atoms with E-state index in [4.69, 9.17) is 28.2 Å². The molecule has 3 rings (SSSR count). The molecule has 0 bridgehead atoms. The number of rotatable bonds is 5. The summed E-state index contributed by atoms with van der Waals surface area (Å²) in [5, 5.41) is 13.4. The van der Waals surface area contributed by atoms with Crippen LogP contribution in [0.5, 0.6) is 0 Å². The van der Waals surface area contributed by atoms with E-state index in [2.05, 4.69) is 11.4 Å². The van der Waals surface area contributed by atoms with E-state index in [0.717, 1.165) is 31.4 Å². The molecule has 1 aliphatic carbocycles. The number of benzene rings is 1. The molecule has 0 saturated heterocycles. The van der Waals surface area contributed by atoms with Crippen LogP contribution in [-0.2, 0) is 17.6 Å². The second-order valence-electron chi connectivity index (χ2n) is 7.08. The zero-order chi connectivity index (χ0) is 20.8. The Morgan fingerprint density at radius 1 is 1.28 bits per heavy atom. The lowest BCUT2D eigenvalue weighted by Crippen LogP contribution is -2.25. The molecule has 1 N–H and O–H groups in total. The van der Waals surface area contributed by atoms with Gasteiger partial charge in [-0.15, -0.1) is 0 Å². The molecule has 1 aromatic carbocycles. The van der Waals surface area contributed by atoms with Crippen molar-refractivity contribution in [2.24, 2.45) is 0 Å². The number of hydrogen-bond acceptors (Lipinski definition) is 4. The maximum atomic E-state index is 12.9. The van der Waals surface area contributed by atoms with E-state index in [1.807, 2.05) is 13.0 Å². The predicted molar refractivity (Wildman–Crippen MR) is 120 cm³/mol. The highest BCUT2D eigenvalue weighted by molar-refractivity contribution is 8.00. The van der Waals surface area contributed by atoms with Gasteiger partial charge in [0.2, 0.25) is 5.91 Å². The Hall–Kier alpha value is -1.74. The van der Waals surface area contributed by atoms with Gasteiger partial charge in [0, 0.05) is 5.69 Å². The molecule has 0 spiro atoms. The molecule has 0 saturated carbocycles. The molecule has 1 unspecified atom stereocenters. The SMILES string of the molecule is CCC(Sc1nc2c(cc1C#N)CCCCCC2)C(=O)Nc1cccc(Cl)c1Cl. The fourth-order valence-corrected chi connectivity index (χ4v) is 4.75. The lowest BCUT2D eigenvalue weighted by atomic mass is 9.96. The quantitative estimate of drug-likeness (QED) is 0.536. The molecule has 0 aliphatic heterocycles. The van der Waals surface area contributed by atoms with Crippen molar-refractivity contribution in [3.05, 3.63) is 51.1 Å². The van der Waals surface area contributed by atoms with E-state index in [1.165, 1.54) is 30.2 Å². The number of nitrogens with zero attached hydrogens (tertiary/aromatic N) is 2. The van der Waals surface area contributed by atoms with Crippen molar-refractivity contribution >= 4 is 46.6 Å². The number of aromatic nitrogens is 1. The number of carbonyl (C=O) groups excluding carboxylic acids is 1. The summed E-state index contributed by atoms with van der Waals surface area (Å²) in [6.45, 7) is 1.94. The molecule has 1 atom stereocenters. The molecular weight excluding hydrogens is 425 g/mol. The standard InChI is InChI=1S/C22H23Cl2N3OS/c1-2-19(21(28)26-18-11-7-9-16(23)20(18)24)29-22-15(13-25)12-14-8-5-3-4-6-10-17(14)27-22/h7,9,11-12,19H,2-6,8,10H2,1H3,(H,26,28). The molecule has 1 amide bonds. The molecule has 0 radical (unpaired) electrons. The van der Waals surface area contributed by atoms with Gasteiger partial charge >= 0.3 is 0 Å². The second kappa shape index (κ2) is 10.3. The summed E-state index contributed by atoms with van der Waals surface area (Å²) in [5.74, 6) is -0.181. The first-order valence-electron chi connectivity index (χ1n) is 9.88.